The van der Waals surface area contributed by atoms with Crippen molar-refractivity contribution >= 4 is 5.97 Å². The molecule has 5 nitrogen and oxygen atoms in total. The van der Waals surface area contributed by atoms with Crippen molar-refractivity contribution in [3.8, 4) is 0 Å². The van der Waals surface area contributed by atoms with E-state index in [-0.39, 0.29) is 12.1 Å². The number of hydrogen-bond donors (Lipinski definition) is 1. The zero-order valence-electron chi connectivity index (χ0n) is 11.3. The zero-order chi connectivity index (χ0) is 13.3. The second-order valence-electron chi connectivity index (χ2n) is 4.54. The normalized spacial score (nSPS) is 14.7. The molecule has 1 unspecified atom stereocenters. The Kier molecular flexibility index (Phi) is 8.12. The highest BCUT2D eigenvalue weighted by Gasteiger charge is 2.28. The maximum absolute atomic E-state index is 11.3. The summed E-state index contributed by atoms with van der Waals surface area (Å²) in [5, 5.41) is 0. The predicted molar refractivity (Wildman–Crippen MR) is 65.7 cm³/mol. The molecule has 0 aromatic heterocycles. The maximum Gasteiger partial charge on any atom is 0.325 e. The first-order chi connectivity index (χ1) is 7.90. The fourth-order valence-corrected chi connectivity index (χ4v) is 1.32. The first-order valence-corrected chi connectivity index (χ1v) is 5.97. The van der Waals surface area contributed by atoms with Crippen molar-refractivity contribution in [3.05, 3.63) is 0 Å². The monoisotopic (exact) mass is 247 g/mol. The van der Waals surface area contributed by atoms with Gasteiger partial charge >= 0.3 is 5.97 Å². The Hall–Kier alpha value is -0.650. The molecule has 2 N–H and O–H groups in total. The highest BCUT2D eigenvalue weighted by molar-refractivity contribution is 5.79. The molecule has 0 spiro atoms. The zero-order valence-corrected chi connectivity index (χ0v) is 11.3. The van der Waals surface area contributed by atoms with Gasteiger partial charge in [-0.2, -0.15) is 0 Å². The van der Waals surface area contributed by atoms with Gasteiger partial charge in [0, 0.05) is 6.61 Å². The van der Waals surface area contributed by atoms with E-state index in [1.165, 1.54) is 7.11 Å². The molecule has 1 atom stereocenters. The van der Waals surface area contributed by atoms with Crippen LogP contribution in [0.15, 0.2) is 0 Å². The first-order valence-electron chi connectivity index (χ1n) is 5.97. The molecule has 0 aromatic rings. The van der Waals surface area contributed by atoms with Crippen LogP contribution in [-0.2, 0) is 19.0 Å². The van der Waals surface area contributed by atoms with E-state index < -0.39 is 5.54 Å². The van der Waals surface area contributed by atoms with Gasteiger partial charge in [0.05, 0.1) is 26.4 Å². The van der Waals surface area contributed by atoms with Gasteiger partial charge in [-0.25, -0.2) is 0 Å². The summed E-state index contributed by atoms with van der Waals surface area (Å²) in [6, 6.07) is 0. The van der Waals surface area contributed by atoms with E-state index in [1.807, 2.05) is 13.8 Å². The molecule has 0 amide bonds. The second-order valence-corrected chi connectivity index (χ2v) is 4.54. The van der Waals surface area contributed by atoms with Crippen molar-refractivity contribution in [3.63, 3.8) is 0 Å². The fraction of sp³-hybridized carbons (Fsp3) is 0.917. The molecule has 0 rings (SSSR count). The van der Waals surface area contributed by atoms with Crippen LogP contribution in [0.1, 0.15) is 33.6 Å². The lowest BCUT2D eigenvalue weighted by Gasteiger charge is -2.21. The molecule has 0 fully saturated rings. The van der Waals surface area contributed by atoms with E-state index >= 15 is 0 Å². The molecule has 0 radical (unpaired) electrons. The van der Waals surface area contributed by atoms with Crippen LogP contribution in [0.5, 0.6) is 0 Å². The second kappa shape index (κ2) is 8.44. The van der Waals surface area contributed by atoms with E-state index in [2.05, 4.69) is 4.74 Å². The van der Waals surface area contributed by atoms with Crippen molar-refractivity contribution in [1.29, 1.82) is 0 Å². The summed E-state index contributed by atoms with van der Waals surface area (Å²) >= 11 is 0. The summed E-state index contributed by atoms with van der Waals surface area (Å²) in [4.78, 5) is 11.3. The number of ether oxygens (including phenoxy) is 3. The molecule has 5 heteroatoms. The van der Waals surface area contributed by atoms with E-state index in [9.17, 15) is 4.79 Å². The Labute approximate surface area is 104 Å². The van der Waals surface area contributed by atoms with Crippen LogP contribution in [0.3, 0.4) is 0 Å². The van der Waals surface area contributed by atoms with Crippen LogP contribution in [0.2, 0.25) is 0 Å². The molecule has 0 aliphatic carbocycles. The van der Waals surface area contributed by atoms with Gasteiger partial charge in [0.25, 0.3) is 0 Å². The topological polar surface area (TPSA) is 70.8 Å². The lowest BCUT2D eigenvalue weighted by atomic mass is 9.98. The molecule has 0 heterocycles. The molecule has 0 saturated heterocycles. The lowest BCUT2D eigenvalue weighted by Crippen LogP contribution is -2.45. The lowest BCUT2D eigenvalue weighted by molar-refractivity contribution is -0.146. The minimum absolute atomic E-state index is 0.227. The molecule has 17 heavy (non-hydrogen) atoms. The summed E-state index contributed by atoms with van der Waals surface area (Å²) in [6.45, 7) is 7.37. The summed E-state index contributed by atoms with van der Waals surface area (Å²) in [6.07, 6.45) is 1.50. The Morgan fingerprint density at radius 3 is 2.47 bits per heavy atom. The van der Waals surface area contributed by atoms with Gasteiger partial charge in [-0.15, -0.1) is 0 Å². The largest absolute Gasteiger partial charge is 0.468 e. The van der Waals surface area contributed by atoms with E-state index in [1.54, 1.807) is 6.92 Å². The SMILES string of the molecule is COC(=O)C(C)(N)CCCOCCOC(C)C. The van der Waals surface area contributed by atoms with Gasteiger partial charge in [-0.1, -0.05) is 0 Å². The van der Waals surface area contributed by atoms with Gasteiger partial charge in [-0.3, -0.25) is 4.79 Å². The molecular weight excluding hydrogens is 222 g/mol. The molecule has 0 aromatic carbocycles. The van der Waals surface area contributed by atoms with Crippen molar-refractivity contribution in [2.45, 2.75) is 45.3 Å². The van der Waals surface area contributed by atoms with Crippen LogP contribution >= 0.6 is 0 Å². The smallest absolute Gasteiger partial charge is 0.325 e. The van der Waals surface area contributed by atoms with Gasteiger partial charge in [0.15, 0.2) is 0 Å². The van der Waals surface area contributed by atoms with E-state index in [0.717, 1.165) is 6.42 Å². The number of carbonyl (C=O) groups is 1. The number of nitrogens with two attached hydrogens (primary N) is 1. The summed E-state index contributed by atoms with van der Waals surface area (Å²) in [7, 11) is 1.34. The standard InChI is InChI=1S/C12H25NO4/c1-10(2)17-9-8-16-7-5-6-12(3,13)11(14)15-4/h10H,5-9,13H2,1-4H3. The van der Waals surface area contributed by atoms with Crippen LogP contribution in [0, 0.1) is 0 Å². The van der Waals surface area contributed by atoms with Crippen molar-refractivity contribution in [1.82, 2.24) is 0 Å². The number of esters is 1. The summed E-state index contributed by atoms with van der Waals surface area (Å²) in [5.41, 5.74) is 4.87. The van der Waals surface area contributed by atoms with Gasteiger partial charge in [0.1, 0.15) is 5.54 Å². The Balaban J connectivity index is 3.48. The average Bonchev–Trinajstić information content (AvgIpc) is 2.26. The van der Waals surface area contributed by atoms with Gasteiger partial charge in [-0.05, 0) is 33.6 Å². The minimum atomic E-state index is -0.924. The van der Waals surface area contributed by atoms with Crippen molar-refractivity contribution < 1.29 is 19.0 Å². The van der Waals surface area contributed by atoms with Gasteiger partial charge < -0.3 is 19.9 Å². The molecule has 0 aliphatic heterocycles. The van der Waals surface area contributed by atoms with Crippen molar-refractivity contribution in [2.75, 3.05) is 26.9 Å². The third kappa shape index (κ3) is 8.12. The fourth-order valence-electron chi connectivity index (χ4n) is 1.32. The molecular formula is C12H25NO4. The molecule has 0 aliphatic rings. The summed E-state index contributed by atoms with van der Waals surface area (Å²) in [5.74, 6) is -0.388. The van der Waals surface area contributed by atoms with E-state index in [0.29, 0.717) is 26.2 Å². The van der Waals surface area contributed by atoms with Gasteiger partial charge in [0.2, 0.25) is 0 Å². The predicted octanol–water partition coefficient (Wildman–Crippen LogP) is 1.10. The first kappa shape index (κ1) is 16.4. The van der Waals surface area contributed by atoms with Crippen LogP contribution in [-0.4, -0.2) is 44.5 Å². The number of methoxy groups -OCH3 is 1. The highest BCUT2D eigenvalue weighted by atomic mass is 16.5. The van der Waals surface area contributed by atoms with Crippen molar-refractivity contribution in [2.24, 2.45) is 5.73 Å². The third-order valence-electron chi connectivity index (χ3n) is 2.32. The minimum Gasteiger partial charge on any atom is -0.468 e. The quantitative estimate of drug-likeness (QED) is 0.488. The van der Waals surface area contributed by atoms with Crippen LogP contribution < -0.4 is 5.73 Å². The Morgan fingerprint density at radius 1 is 1.29 bits per heavy atom. The number of rotatable bonds is 9. The highest BCUT2D eigenvalue weighted by Crippen LogP contribution is 2.10. The molecule has 0 bridgehead atoms. The Bertz CT molecular complexity index is 217. The maximum atomic E-state index is 11.3. The van der Waals surface area contributed by atoms with Crippen LogP contribution in [0.25, 0.3) is 0 Å². The molecule has 102 valence electrons. The molecule has 0 saturated carbocycles. The van der Waals surface area contributed by atoms with Crippen LogP contribution in [0.4, 0.5) is 0 Å². The third-order valence-corrected chi connectivity index (χ3v) is 2.32. The van der Waals surface area contributed by atoms with E-state index in [4.69, 9.17) is 15.2 Å². The average molecular weight is 247 g/mol. The summed E-state index contributed by atoms with van der Waals surface area (Å²) < 4.78 is 15.3. The Morgan fingerprint density at radius 2 is 1.94 bits per heavy atom. The number of hydrogen-bond acceptors (Lipinski definition) is 5. The number of carbonyl (C=O) groups excluding carboxylic acids is 1.